The minimum absolute atomic E-state index is 0.597. The second-order valence-corrected chi connectivity index (χ2v) is 4.99. The summed E-state index contributed by atoms with van der Waals surface area (Å²) in [5.74, 6) is 2.38. The van der Waals surface area contributed by atoms with Crippen LogP contribution in [-0.2, 0) is 6.54 Å². The molecule has 2 nitrogen and oxygen atoms in total. The monoisotopic (exact) mass is 219 g/mol. The van der Waals surface area contributed by atoms with Gasteiger partial charge in [0.15, 0.2) is 0 Å². The van der Waals surface area contributed by atoms with Gasteiger partial charge in [-0.05, 0) is 24.0 Å². The third kappa shape index (κ3) is 2.22. The molecule has 88 valence electrons. The van der Waals surface area contributed by atoms with Crippen molar-refractivity contribution in [2.24, 2.45) is 5.92 Å². The fourth-order valence-electron chi connectivity index (χ4n) is 2.64. The Hall–Kier alpha value is -1.02. The molecule has 0 fully saturated rings. The predicted octanol–water partition coefficient (Wildman–Crippen LogP) is 2.93. The molecule has 1 aliphatic heterocycles. The first-order valence-corrected chi connectivity index (χ1v) is 6.09. The van der Waals surface area contributed by atoms with Crippen molar-refractivity contribution >= 4 is 0 Å². The second kappa shape index (κ2) is 4.88. The zero-order chi connectivity index (χ0) is 11.5. The maximum absolute atomic E-state index is 5.50. The standard InChI is InChI=1S/C14H21NO/c1-10(2)7-12-9-15-8-11-5-4-6-13(16-3)14(11)12/h4-6,10,12,15H,7-9H2,1-3H3. The normalized spacial score (nSPS) is 19.6. The Labute approximate surface area is 98.0 Å². The molecule has 0 aromatic heterocycles. The fourth-order valence-corrected chi connectivity index (χ4v) is 2.64. The minimum atomic E-state index is 0.597. The summed E-state index contributed by atoms with van der Waals surface area (Å²) in [6.07, 6.45) is 1.22. The van der Waals surface area contributed by atoms with E-state index in [-0.39, 0.29) is 0 Å². The van der Waals surface area contributed by atoms with Crippen molar-refractivity contribution in [1.82, 2.24) is 5.32 Å². The molecule has 2 rings (SSSR count). The molecule has 1 heterocycles. The highest BCUT2D eigenvalue weighted by molar-refractivity contribution is 5.44. The highest BCUT2D eigenvalue weighted by Crippen LogP contribution is 2.35. The molecule has 1 unspecified atom stereocenters. The molecule has 0 bridgehead atoms. The van der Waals surface area contributed by atoms with Crippen LogP contribution in [0.4, 0.5) is 0 Å². The number of hydrogen-bond donors (Lipinski definition) is 1. The van der Waals surface area contributed by atoms with E-state index < -0.39 is 0 Å². The maximum Gasteiger partial charge on any atom is 0.122 e. The van der Waals surface area contributed by atoms with Gasteiger partial charge in [-0.25, -0.2) is 0 Å². The SMILES string of the molecule is COc1cccc2c1C(CC(C)C)CNC2. The highest BCUT2D eigenvalue weighted by Gasteiger charge is 2.23. The Kier molecular flexibility index (Phi) is 3.49. The molecule has 1 N–H and O–H groups in total. The van der Waals surface area contributed by atoms with Gasteiger partial charge in [-0.15, -0.1) is 0 Å². The number of ether oxygens (including phenoxy) is 1. The topological polar surface area (TPSA) is 21.3 Å². The summed E-state index contributed by atoms with van der Waals surface area (Å²) in [5, 5.41) is 3.49. The molecule has 0 spiro atoms. The number of benzene rings is 1. The maximum atomic E-state index is 5.50. The molecular formula is C14H21NO. The fraction of sp³-hybridized carbons (Fsp3) is 0.571. The number of fused-ring (bicyclic) bond motifs is 1. The van der Waals surface area contributed by atoms with E-state index in [1.165, 1.54) is 17.5 Å². The number of rotatable bonds is 3. The summed E-state index contributed by atoms with van der Waals surface area (Å²) in [4.78, 5) is 0. The van der Waals surface area contributed by atoms with E-state index in [1.54, 1.807) is 7.11 Å². The molecule has 1 aliphatic rings. The van der Waals surface area contributed by atoms with E-state index in [0.29, 0.717) is 5.92 Å². The van der Waals surface area contributed by atoms with Gasteiger partial charge in [0.2, 0.25) is 0 Å². The van der Waals surface area contributed by atoms with Crippen LogP contribution in [0.2, 0.25) is 0 Å². The summed E-state index contributed by atoms with van der Waals surface area (Å²) in [6, 6.07) is 6.37. The lowest BCUT2D eigenvalue weighted by Gasteiger charge is -2.29. The zero-order valence-electron chi connectivity index (χ0n) is 10.4. The highest BCUT2D eigenvalue weighted by atomic mass is 16.5. The smallest absolute Gasteiger partial charge is 0.122 e. The van der Waals surface area contributed by atoms with E-state index in [2.05, 4.69) is 37.4 Å². The molecule has 0 saturated heterocycles. The first-order valence-electron chi connectivity index (χ1n) is 6.09. The van der Waals surface area contributed by atoms with Crippen LogP contribution in [-0.4, -0.2) is 13.7 Å². The van der Waals surface area contributed by atoms with Gasteiger partial charge in [0.25, 0.3) is 0 Å². The summed E-state index contributed by atoms with van der Waals surface area (Å²) >= 11 is 0. The average molecular weight is 219 g/mol. The van der Waals surface area contributed by atoms with Crippen molar-refractivity contribution < 1.29 is 4.74 Å². The van der Waals surface area contributed by atoms with Crippen LogP contribution in [0, 0.1) is 5.92 Å². The van der Waals surface area contributed by atoms with Crippen LogP contribution < -0.4 is 10.1 Å². The lowest BCUT2D eigenvalue weighted by atomic mass is 9.84. The predicted molar refractivity (Wildman–Crippen MR) is 66.9 cm³/mol. The van der Waals surface area contributed by atoms with Gasteiger partial charge in [-0.1, -0.05) is 26.0 Å². The lowest BCUT2D eigenvalue weighted by Crippen LogP contribution is -2.29. The van der Waals surface area contributed by atoms with E-state index in [1.807, 2.05) is 0 Å². The molecular weight excluding hydrogens is 198 g/mol. The molecule has 1 atom stereocenters. The first-order chi connectivity index (χ1) is 7.72. The Bertz CT molecular complexity index is 346. The largest absolute Gasteiger partial charge is 0.496 e. The quantitative estimate of drug-likeness (QED) is 0.844. The second-order valence-electron chi connectivity index (χ2n) is 4.99. The Morgan fingerprint density at radius 3 is 2.94 bits per heavy atom. The van der Waals surface area contributed by atoms with Gasteiger partial charge in [0.1, 0.15) is 5.75 Å². The van der Waals surface area contributed by atoms with Crippen LogP contribution in [0.15, 0.2) is 18.2 Å². The summed E-state index contributed by atoms with van der Waals surface area (Å²) in [6.45, 7) is 6.61. The summed E-state index contributed by atoms with van der Waals surface area (Å²) in [7, 11) is 1.77. The van der Waals surface area contributed by atoms with Crippen molar-refractivity contribution in [2.45, 2.75) is 32.7 Å². The van der Waals surface area contributed by atoms with Crippen LogP contribution in [0.1, 0.15) is 37.3 Å². The molecule has 1 aromatic carbocycles. The van der Waals surface area contributed by atoms with Gasteiger partial charge >= 0.3 is 0 Å². The molecule has 0 radical (unpaired) electrons. The van der Waals surface area contributed by atoms with Crippen molar-refractivity contribution in [3.63, 3.8) is 0 Å². The van der Waals surface area contributed by atoms with Gasteiger partial charge in [-0.3, -0.25) is 0 Å². The van der Waals surface area contributed by atoms with Gasteiger partial charge in [0, 0.05) is 24.6 Å². The van der Waals surface area contributed by atoms with Crippen molar-refractivity contribution in [2.75, 3.05) is 13.7 Å². The lowest BCUT2D eigenvalue weighted by molar-refractivity contribution is 0.384. The van der Waals surface area contributed by atoms with E-state index in [9.17, 15) is 0 Å². The van der Waals surface area contributed by atoms with Gasteiger partial charge < -0.3 is 10.1 Å². The Morgan fingerprint density at radius 1 is 1.44 bits per heavy atom. The minimum Gasteiger partial charge on any atom is -0.496 e. The zero-order valence-corrected chi connectivity index (χ0v) is 10.4. The average Bonchev–Trinajstić information content (AvgIpc) is 2.28. The van der Waals surface area contributed by atoms with Crippen LogP contribution in [0.5, 0.6) is 5.75 Å². The number of nitrogens with one attached hydrogen (secondary N) is 1. The van der Waals surface area contributed by atoms with Gasteiger partial charge in [-0.2, -0.15) is 0 Å². The van der Waals surface area contributed by atoms with Crippen LogP contribution >= 0.6 is 0 Å². The molecule has 0 aliphatic carbocycles. The Morgan fingerprint density at radius 2 is 2.25 bits per heavy atom. The van der Waals surface area contributed by atoms with Crippen molar-refractivity contribution in [3.8, 4) is 5.75 Å². The number of methoxy groups -OCH3 is 1. The summed E-state index contributed by atoms with van der Waals surface area (Å²) in [5.41, 5.74) is 2.83. The van der Waals surface area contributed by atoms with E-state index in [0.717, 1.165) is 24.8 Å². The van der Waals surface area contributed by atoms with E-state index in [4.69, 9.17) is 4.74 Å². The Balaban J connectivity index is 2.35. The van der Waals surface area contributed by atoms with Gasteiger partial charge in [0.05, 0.1) is 7.11 Å². The molecule has 2 heteroatoms. The van der Waals surface area contributed by atoms with E-state index >= 15 is 0 Å². The third-order valence-electron chi connectivity index (χ3n) is 3.25. The summed E-state index contributed by atoms with van der Waals surface area (Å²) < 4.78 is 5.50. The first kappa shape index (κ1) is 11.5. The molecule has 0 saturated carbocycles. The molecule has 1 aromatic rings. The van der Waals surface area contributed by atoms with Crippen molar-refractivity contribution in [3.05, 3.63) is 29.3 Å². The van der Waals surface area contributed by atoms with Crippen molar-refractivity contribution in [1.29, 1.82) is 0 Å². The van der Waals surface area contributed by atoms with Crippen LogP contribution in [0.25, 0.3) is 0 Å². The molecule has 16 heavy (non-hydrogen) atoms. The molecule has 0 amide bonds. The number of hydrogen-bond acceptors (Lipinski definition) is 2. The van der Waals surface area contributed by atoms with Crippen LogP contribution in [0.3, 0.4) is 0 Å². The third-order valence-corrected chi connectivity index (χ3v) is 3.25.